The van der Waals surface area contributed by atoms with Gasteiger partial charge in [-0.05, 0) is 48.2 Å². The Morgan fingerprint density at radius 1 is 1.04 bits per heavy atom. The highest BCUT2D eigenvalue weighted by Crippen LogP contribution is 2.28. The molecule has 1 heterocycles. The number of benzene rings is 2. The average Bonchev–Trinajstić information content (AvgIpc) is 3.01. The van der Waals surface area contributed by atoms with Crippen LogP contribution in [0.25, 0.3) is 0 Å². The number of aryl methyl sites for hydroxylation is 2. The molecule has 3 rings (SSSR count). The van der Waals surface area contributed by atoms with E-state index in [-0.39, 0.29) is 0 Å². The molecule has 0 fully saturated rings. The summed E-state index contributed by atoms with van der Waals surface area (Å²) in [7, 11) is 3.69. The summed E-state index contributed by atoms with van der Waals surface area (Å²) in [5, 5.41) is 10.9. The third kappa shape index (κ3) is 5.41. The summed E-state index contributed by atoms with van der Waals surface area (Å²) < 4.78 is 7.25. The molecule has 3 aromatic rings. The quantitative estimate of drug-likeness (QED) is 0.443. The first-order valence-electron chi connectivity index (χ1n) is 8.64. The number of halogens is 2. The van der Waals surface area contributed by atoms with E-state index < -0.39 is 0 Å². The van der Waals surface area contributed by atoms with Crippen molar-refractivity contribution in [3.63, 3.8) is 0 Å². The van der Waals surface area contributed by atoms with Crippen LogP contribution in [-0.2, 0) is 25.6 Å². The van der Waals surface area contributed by atoms with Crippen LogP contribution >= 0.6 is 35.0 Å². The molecule has 0 atom stereocenters. The van der Waals surface area contributed by atoms with Gasteiger partial charge < -0.3 is 9.30 Å². The summed E-state index contributed by atoms with van der Waals surface area (Å²) in [6, 6.07) is 13.8. The number of rotatable bonds is 8. The van der Waals surface area contributed by atoms with Gasteiger partial charge in [-0.25, -0.2) is 0 Å². The lowest BCUT2D eigenvalue weighted by Crippen LogP contribution is -2.00. The third-order valence-corrected chi connectivity index (χ3v) is 5.98. The van der Waals surface area contributed by atoms with Crippen LogP contribution < -0.4 is 4.74 Å². The Kier molecular flexibility index (Phi) is 7.05. The van der Waals surface area contributed by atoms with E-state index in [1.165, 1.54) is 5.56 Å². The predicted octanol–water partition coefficient (Wildman–Crippen LogP) is 5.60. The number of hydrogen-bond donors (Lipinski definition) is 0. The van der Waals surface area contributed by atoms with E-state index in [0.717, 1.165) is 47.3 Å². The topological polar surface area (TPSA) is 39.9 Å². The molecule has 2 aromatic carbocycles. The van der Waals surface area contributed by atoms with Crippen LogP contribution in [0.2, 0.25) is 10.0 Å². The van der Waals surface area contributed by atoms with Crippen molar-refractivity contribution in [2.75, 3.05) is 7.11 Å². The first kappa shape index (κ1) is 20.1. The minimum atomic E-state index is 0.645. The standard InChI is InChI=1S/C20H21Cl2N3OS/c1-25-19(5-3-4-14-6-10-17(26-2)11-7-14)23-24-20(25)27-13-15-8-9-16(21)12-18(15)22/h6-12H,3-5,13H2,1-2H3. The zero-order valence-electron chi connectivity index (χ0n) is 15.3. The summed E-state index contributed by atoms with van der Waals surface area (Å²) in [6.07, 6.45) is 2.91. The van der Waals surface area contributed by atoms with Gasteiger partial charge in [0, 0.05) is 29.3 Å². The van der Waals surface area contributed by atoms with Crippen LogP contribution in [0.4, 0.5) is 0 Å². The smallest absolute Gasteiger partial charge is 0.191 e. The van der Waals surface area contributed by atoms with Crippen molar-refractivity contribution in [2.45, 2.75) is 30.2 Å². The van der Waals surface area contributed by atoms with Gasteiger partial charge in [-0.3, -0.25) is 0 Å². The van der Waals surface area contributed by atoms with E-state index in [4.69, 9.17) is 27.9 Å². The van der Waals surface area contributed by atoms with Crippen LogP contribution in [0.3, 0.4) is 0 Å². The second-order valence-electron chi connectivity index (χ2n) is 6.18. The van der Waals surface area contributed by atoms with Crippen molar-refractivity contribution >= 4 is 35.0 Å². The van der Waals surface area contributed by atoms with Crippen LogP contribution in [0.15, 0.2) is 47.6 Å². The molecule has 1 aromatic heterocycles. The van der Waals surface area contributed by atoms with Gasteiger partial charge in [0.05, 0.1) is 7.11 Å². The fourth-order valence-electron chi connectivity index (χ4n) is 2.71. The second-order valence-corrected chi connectivity index (χ2v) is 7.97. The molecule has 4 nitrogen and oxygen atoms in total. The van der Waals surface area contributed by atoms with Gasteiger partial charge in [0.1, 0.15) is 11.6 Å². The molecule has 7 heteroatoms. The third-order valence-electron chi connectivity index (χ3n) is 4.32. The number of nitrogens with zero attached hydrogens (tertiary/aromatic N) is 3. The van der Waals surface area contributed by atoms with Crippen LogP contribution in [0.1, 0.15) is 23.4 Å². The number of aromatic nitrogens is 3. The van der Waals surface area contributed by atoms with E-state index in [0.29, 0.717) is 10.0 Å². The number of methoxy groups -OCH3 is 1. The number of thioether (sulfide) groups is 1. The zero-order valence-corrected chi connectivity index (χ0v) is 17.6. The Labute approximate surface area is 173 Å². The van der Waals surface area contributed by atoms with Crippen LogP contribution in [0.5, 0.6) is 5.75 Å². The minimum Gasteiger partial charge on any atom is -0.497 e. The summed E-state index contributed by atoms with van der Waals surface area (Å²) in [4.78, 5) is 0. The van der Waals surface area contributed by atoms with Gasteiger partial charge in [0.15, 0.2) is 5.16 Å². The van der Waals surface area contributed by atoms with E-state index in [1.807, 2.05) is 31.3 Å². The average molecular weight is 422 g/mol. The largest absolute Gasteiger partial charge is 0.497 e. The Hall–Kier alpha value is -1.69. The van der Waals surface area contributed by atoms with Crippen molar-refractivity contribution in [1.82, 2.24) is 14.8 Å². The summed E-state index contributed by atoms with van der Waals surface area (Å²) in [6.45, 7) is 0. The molecule has 0 aliphatic carbocycles. The van der Waals surface area contributed by atoms with Crippen molar-refractivity contribution in [2.24, 2.45) is 7.05 Å². The summed E-state index contributed by atoms with van der Waals surface area (Å²) in [5.74, 6) is 2.61. The van der Waals surface area contributed by atoms with Crippen molar-refractivity contribution in [3.8, 4) is 5.75 Å². The van der Waals surface area contributed by atoms with Gasteiger partial charge in [0.2, 0.25) is 0 Å². The number of hydrogen-bond acceptors (Lipinski definition) is 4. The Balaban J connectivity index is 1.53. The van der Waals surface area contributed by atoms with E-state index in [9.17, 15) is 0 Å². The lowest BCUT2D eigenvalue weighted by atomic mass is 10.1. The fourth-order valence-corrected chi connectivity index (χ4v) is 4.20. The molecule has 0 spiro atoms. The first-order chi connectivity index (χ1) is 13.1. The van der Waals surface area contributed by atoms with Crippen molar-refractivity contribution in [1.29, 1.82) is 0 Å². The maximum Gasteiger partial charge on any atom is 0.191 e. The molecule has 0 aliphatic heterocycles. The maximum absolute atomic E-state index is 6.24. The number of ether oxygens (including phenoxy) is 1. The lowest BCUT2D eigenvalue weighted by molar-refractivity contribution is 0.414. The second kappa shape index (κ2) is 9.49. The fraction of sp³-hybridized carbons (Fsp3) is 0.300. The van der Waals surface area contributed by atoms with Gasteiger partial charge >= 0.3 is 0 Å². The SMILES string of the molecule is COc1ccc(CCCc2nnc(SCc3ccc(Cl)cc3Cl)n2C)cc1. The molecule has 0 radical (unpaired) electrons. The molecule has 0 N–H and O–H groups in total. The molecule has 0 unspecified atom stereocenters. The summed E-state index contributed by atoms with van der Waals surface area (Å²) in [5.41, 5.74) is 2.33. The molecule has 0 aliphatic rings. The Bertz CT molecular complexity index is 897. The van der Waals surface area contributed by atoms with Crippen LogP contribution in [0, 0.1) is 0 Å². The normalized spacial score (nSPS) is 11.0. The lowest BCUT2D eigenvalue weighted by Gasteiger charge is -2.06. The van der Waals surface area contributed by atoms with Gasteiger partial charge in [-0.1, -0.05) is 53.2 Å². The minimum absolute atomic E-state index is 0.645. The Morgan fingerprint density at radius 3 is 2.52 bits per heavy atom. The van der Waals surface area contributed by atoms with Crippen molar-refractivity contribution < 1.29 is 4.74 Å². The highest BCUT2D eigenvalue weighted by molar-refractivity contribution is 7.98. The van der Waals surface area contributed by atoms with Crippen molar-refractivity contribution in [3.05, 3.63) is 69.5 Å². The van der Waals surface area contributed by atoms with Crippen LogP contribution in [-0.4, -0.2) is 21.9 Å². The molecular weight excluding hydrogens is 401 g/mol. The van der Waals surface area contributed by atoms with Gasteiger partial charge in [-0.2, -0.15) is 0 Å². The molecule has 0 amide bonds. The molecular formula is C20H21Cl2N3OS. The predicted molar refractivity (Wildman–Crippen MR) is 112 cm³/mol. The Morgan fingerprint density at radius 2 is 1.81 bits per heavy atom. The van der Waals surface area contributed by atoms with E-state index >= 15 is 0 Å². The highest BCUT2D eigenvalue weighted by atomic mass is 35.5. The zero-order chi connectivity index (χ0) is 19.2. The first-order valence-corrected chi connectivity index (χ1v) is 10.4. The van der Waals surface area contributed by atoms with Gasteiger partial charge in [-0.15, -0.1) is 10.2 Å². The van der Waals surface area contributed by atoms with Gasteiger partial charge in [0.25, 0.3) is 0 Å². The maximum atomic E-state index is 6.24. The molecule has 0 saturated carbocycles. The molecule has 142 valence electrons. The molecule has 27 heavy (non-hydrogen) atoms. The monoisotopic (exact) mass is 421 g/mol. The molecule has 0 saturated heterocycles. The highest BCUT2D eigenvalue weighted by Gasteiger charge is 2.11. The molecule has 0 bridgehead atoms. The van der Waals surface area contributed by atoms with E-state index in [2.05, 4.69) is 26.9 Å². The summed E-state index contributed by atoms with van der Waals surface area (Å²) >= 11 is 13.8. The van der Waals surface area contributed by atoms with E-state index in [1.54, 1.807) is 24.9 Å².